The first-order chi connectivity index (χ1) is 11.7. The average Bonchev–Trinajstić information content (AvgIpc) is 3.09. The lowest BCUT2D eigenvalue weighted by molar-refractivity contribution is -0.120. The van der Waals surface area contributed by atoms with Crippen molar-refractivity contribution in [1.29, 1.82) is 0 Å². The van der Waals surface area contributed by atoms with Crippen molar-refractivity contribution < 1.29 is 9.59 Å². The summed E-state index contributed by atoms with van der Waals surface area (Å²) in [4.78, 5) is 31.2. The smallest absolute Gasteiger partial charge is 0.343 e. The predicted octanol–water partition coefficient (Wildman–Crippen LogP) is 2.14. The van der Waals surface area contributed by atoms with Crippen molar-refractivity contribution in [1.82, 2.24) is 15.3 Å². The zero-order valence-electron chi connectivity index (χ0n) is 14.4. The number of hydrogen-bond acceptors (Lipinski definition) is 4. The van der Waals surface area contributed by atoms with Gasteiger partial charge in [-0.1, -0.05) is 12.8 Å². The Morgan fingerprint density at radius 3 is 2.62 bits per heavy atom. The molecule has 3 rings (SSSR count). The number of nitrogens with one attached hydrogen (secondary N) is 1. The number of amides is 3. The minimum atomic E-state index is -0.179. The van der Waals surface area contributed by atoms with Crippen molar-refractivity contribution >= 4 is 23.4 Å². The predicted molar refractivity (Wildman–Crippen MR) is 92.8 cm³/mol. The van der Waals surface area contributed by atoms with E-state index in [-0.39, 0.29) is 24.5 Å². The molecular weight excluding hydrogens is 306 g/mol. The molecule has 1 saturated carbocycles. The van der Waals surface area contributed by atoms with Crippen LogP contribution in [0, 0.1) is 0 Å². The Kier molecular flexibility index (Phi) is 4.87. The average molecular weight is 331 g/mol. The van der Waals surface area contributed by atoms with Gasteiger partial charge in [-0.15, -0.1) is 0 Å². The molecule has 0 spiro atoms. The van der Waals surface area contributed by atoms with Crippen LogP contribution in [0.15, 0.2) is 18.3 Å². The number of hydrogen-bond donors (Lipinski definition) is 1. The van der Waals surface area contributed by atoms with Crippen LogP contribution >= 0.6 is 0 Å². The van der Waals surface area contributed by atoms with Crippen molar-refractivity contribution in [2.45, 2.75) is 45.6 Å². The summed E-state index contributed by atoms with van der Waals surface area (Å²) in [7, 11) is 0. The first kappa shape index (κ1) is 16.5. The molecule has 24 heavy (non-hydrogen) atoms. The minimum Gasteiger partial charge on any atom is -0.352 e. The maximum absolute atomic E-state index is 12.9. The van der Waals surface area contributed by atoms with Crippen molar-refractivity contribution in [2.24, 2.45) is 0 Å². The molecule has 7 heteroatoms. The van der Waals surface area contributed by atoms with Crippen LogP contribution in [0.2, 0.25) is 0 Å². The fourth-order valence-corrected chi connectivity index (χ4v) is 3.52. The molecular formula is C17H25N5O2. The molecule has 1 aromatic heterocycles. The van der Waals surface area contributed by atoms with Crippen LogP contribution in [0.1, 0.15) is 39.5 Å². The Hall–Kier alpha value is -2.31. The molecule has 1 aliphatic carbocycles. The third-order valence-corrected chi connectivity index (χ3v) is 4.67. The lowest BCUT2D eigenvalue weighted by Gasteiger charge is -2.43. The van der Waals surface area contributed by atoms with E-state index in [9.17, 15) is 9.59 Å². The number of carbonyl (C=O) groups is 2. The maximum Gasteiger partial charge on any atom is 0.343 e. The molecule has 3 amide bonds. The number of carbonyl (C=O) groups excluding carboxylic acids is 2. The maximum atomic E-state index is 12.9. The van der Waals surface area contributed by atoms with Crippen LogP contribution in [0.5, 0.6) is 0 Å². The zero-order chi connectivity index (χ0) is 17.1. The van der Waals surface area contributed by atoms with Gasteiger partial charge in [0.25, 0.3) is 0 Å². The third kappa shape index (κ3) is 3.02. The number of hydrazine groups is 1. The van der Waals surface area contributed by atoms with E-state index < -0.39 is 0 Å². The fourth-order valence-electron chi connectivity index (χ4n) is 3.52. The topological polar surface area (TPSA) is 68.8 Å². The molecule has 0 aromatic carbocycles. The minimum absolute atomic E-state index is 0.0298. The van der Waals surface area contributed by atoms with E-state index in [2.05, 4.69) is 10.3 Å². The second kappa shape index (κ2) is 7.07. The second-order valence-corrected chi connectivity index (χ2v) is 6.20. The standard InChI is InChI=1S/C17H25N5O2/c1-3-21-16-14(10-7-11-18-16)20(17(24)22(21)4-2)12-15(23)19-13-8-5-6-9-13/h7,10-11,13H,3-6,8-9,12H2,1-2H3,(H,19,23). The Balaban J connectivity index is 1.82. The van der Waals surface area contributed by atoms with Crippen LogP contribution in [0.4, 0.5) is 16.3 Å². The Bertz CT molecular complexity index is 615. The number of urea groups is 1. The van der Waals surface area contributed by atoms with Gasteiger partial charge in [-0.2, -0.15) is 0 Å². The molecule has 1 aromatic rings. The number of fused-ring (bicyclic) bond motifs is 1. The van der Waals surface area contributed by atoms with Gasteiger partial charge in [0.05, 0.1) is 5.69 Å². The number of anilines is 2. The van der Waals surface area contributed by atoms with Gasteiger partial charge in [0.15, 0.2) is 5.82 Å². The van der Waals surface area contributed by atoms with Crippen molar-refractivity contribution in [3.8, 4) is 0 Å². The fraction of sp³-hybridized carbons (Fsp3) is 0.588. The highest BCUT2D eigenvalue weighted by molar-refractivity contribution is 6.03. The van der Waals surface area contributed by atoms with Gasteiger partial charge in [-0.3, -0.25) is 14.7 Å². The number of pyridine rings is 1. The number of nitrogens with zero attached hydrogens (tertiary/aromatic N) is 4. The first-order valence-corrected chi connectivity index (χ1v) is 8.76. The summed E-state index contributed by atoms with van der Waals surface area (Å²) in [6, 6.07) is 3.71. The molecule has 1 fully saturated rings. The quantitative estimate of drug-likeness (QED) is 0.897. The van der Waals surface area contributed by atoms with Gasteiger partial charge in [-0.25, -0.2) is 14.8 Å². The van der Waals surface area contributed by atoms with Crippen LogP contribution < -0.4 is 15.2 Å². The molecule has 2 heterocycles. The normalized spacial score (nSPS) is 18.1. The van der Waals surface area contributed by atoms with E-state index in [1.807, 2.05) is 24.9 Å². The molecule has 0 bridgehead atoms. The van der Waals surface area contributed by atoms with Gasteiger partial charge >= 0.3 is 6.03 Å². The van der Waals surface area contributed by atoms with Crippen LogP contribution in [0.25, 0.3) is 0 Å². The summed E-state index contributed by atoms with van der Waals surface area (Å²) in [5.74, 6) is 0.612. The van der Waals surface area contributed by atoms with Crippen molar-refractivity contribution in [3.63, 3.8) is 0 Å². The van der Waals surface area contributed by atoms with Crippen molar-refractivity contribution in [2.75, 3.05) is 29.5 Å². The van der Waals surface area contributed by atoms with Crippen LogP contribution in [-0.2, 0) is 4.79 Å². The first-order valence-electron chi connectivity index (χ1n) is 8.76. The molecule has 130 valence electrons. The van der Waals surface area contributed by atoms with Crippen molar-refractivity contribution in [3.05, 3.63) is 18.3 Å². The lowest BCUT2D eigenvalue weighted by atomic mass is 10.2. The molecule has 0 radical (unpaired) electrons. The van der Waals surface area contributed by atoms with Gasteiger partial charge in [0.1, 0.15) is 6.54 Å². The SMILES string of the molecule is CCN1C(=O)N(CC(=O)NC2CCCC2)c2cccnc2N1CC. The molecule has 2 aliphatic rings. The Morgan fingerprint density at radius 2 is 1.96 bits per heavy atom. The molecule has 0 atom stereocenters. The van der Waals surface area contributed by atoms with Gasteiger partial charge in [0.2, 0.25) is 5.91 Å². The van der Waals surface area contributed by atoms with E-state index in [0.717, 1.165) is 31.5 Å². The van der Waals surface area contributed by atoms with Gasteiger partial charge in [0, 0.05) is 25.3 Å². The Labute approximate surface area is 142 Å². The third-order valence-electron chi connectivity index (χ3n) is 4.67. The monoisotopic (exact) mass is 331 g/mol. The molecule has 7 nitrogen and oxygen atoms in total. The van der Waals surface area contributed by atoms with E-state index in [4.69, 9.17) is 0 Å². The highest BCUT2D eigenvalue weighted by atomic mass is 16.2. The highest BCUT2D eigenvalue weighted by Gasteiger charge is 2.36. The largest absolute Gasteiger partial charge is 0.352 e. The molecule has 0 unspecified atom stereocenters. The van der Waals surface area contributed by atoms with E-state index in [0.29, 0.717) is 18.8 Å². The molecule has 1 N–H and O–H groups in total. The van der Waals surface area contributed by atoms with Crippen LogP contribution in [-0.4, -0.2) is 47.6 Å². The van der Waals surface area contributed by atoms with Crippen LogP contribution in [0.3, 0.4) is 0 Å². The number of rotatable bonds is 5. The summed E-state index contributed by atoms with van der Waals surface area (Å²) >= 11 is 0. The summed E-state index contributed by atoms with van der Waals surface area (Å²) < 4.78 is 0. The summed E-state index contributed by atoms with van der Waals surface area (Å²) in [5, 5.41) is 6.55. The van der Waals surface area contributed by atoms with E-state index in [1.165, 1.54) is 4.90 Å². The summed E-state index contributed by atoms with van der Waals surface area (Å²) in [6.45, 7) is 5.11. The second-order valence-electron chi connectivity index (χ2n) is 6.20. The summed E-state index contributed by atoms with van der Waals surface area (Å²) in [6.07, 6.45) is 6.10. The summed E-state index contributed by atoms with van der Waals surface area (Å²) in [5.41, 5.74) is 0.690. The van der Waals surface area contributed by atoms with Gasteiger partial charge in [-0.05, 0) is 38.8 Å². The number of aromatic nitrogens is 1. The van der Waals surface area contributed by atoms with Gasteiger partial charge < -0.3 is 5.32 Å². The van der Waals surface area contributed by atoms with E-state index in [1.54, 1.807) is 17.3 Å². The zero-order valence-corrected chi connectivity index (χ0v) is 14.4. The Morgan fingerprint density at radius 1 is 1.25 bits per heavy atom. The lowest BCUT2D eigenvalue weighted by Crippen LogP contribution is -2.58. The molecule has 0 saturated heterocycles. The molecule has 1 aliphatic heterocycles. The van der Waals surface area contributed by atoms with E-state index >= 15 is 0 Å². The highest BCUT2D eigenvalue weighted by Crippen LogP contribution is 2.33.